The van der Waals surface area contributed by atoms with Gasteiger partial charge in [0, 0.05) is 5.39 Å². The smallest absolute Gasteiger partial charge is 0.307 e. The molecule has 1 amide bonds. The second-order valence-corrected chi connectivity index (χ2v) is 8.75. The van der Waals surface area contributed by atoms with Crippen molar-refractivity contribution in [2.45, 2.75) is 13.5 Å². The third kappa shape index (κ3) is 5.19. The molecule has 1 aromatic heterocycles. The lowest BCUT2D eigenvalue weighted by molar-refractivity contribution is 0.0929. The number of carbonyl (C=O) groups excluding carboxylic acids is 1. The number of benzene rings is 3. The molecule has 1 N–H and O–H groups in total. The summed E-state index contributed by atoms with van der Waals surface area (Å²) in [5.41, 5.74) is 4.85. The van der Waals surface area contributed by atoms with Crippen molar-refractivity contribution in [3.63, 3.8) is 0 Å². The molecule has 0 aliphatic carbocycles. The number of ether oxygens (including phenoxy) is 4. The first-order chi connectivity index (χ1) is 17.1. The fourth-order valence-corrected chi connectivity index (χ4v) is 4.35. The van der Waals surface area contributed by atoms with Crippen LogP contribution in [0.2, 0.25) is 0 Å². The van der Waals surface area contributed by atoms with E-state index in [0.717, 1.165) is 25.8 Å². The van der Waals surface area contributed by atoms with Crippen LogP contribution in [0.25, 0.3) is 11.0 Å². The molecular weight excluding hydrogens is 563 g/mol. The second kappa shape index (κ2) is 10.3. The summed E-state index contributed by atoms with van der Waals surface area (Å²) in [4.78, 5) is 12.4. The predicted octanol–water partition coefficient (Wildman–Crippen LogP) is 5.51. The number of furan rings is 1. The normalized spacial score (nSPS) is 12.3. The lowest BCUT2D eigenvalue weighted by Gasteiger charge is -2.15. The van der Waals surface area contributed by atoms with Crippen molar-refractivity contribution in [2.24, 2.45) is 5.10 Å². The van der Waals surface area contributed by atoms with Gasteiger partial charge in [-0.3, -0.25) is 4.79 Å². The number of rotatable bonds is 8. The van der Waals surface area contributed by atoms with Gasteiger partial charge in [-0.1, -0.05) is 24.3 Å². The van der Waals surface area contributed by atoms with Crippen LogP contribution < -0.4 is 24.4 Å². The molecule has 0 atom stereocenters. The number of amides is 1. The van der Waals surface area contributed by atoms with Crippen molar-refractivity contribution in [1.29, 1.82) is 0 Å². The van der Waals surface area contributed by atoms with Crippen LogP contribution in [-0.2, 0) is 6.61 Å². The minimum atomic E-state index is -0.430. The Hall–Kier alpha value is -3.73. The van der Waals surface area contributed by atoms with E-state index in [1.54, 1.807) is 12.3 Å². The highest BCUT2D eigenvalue weighted by Gasteiger charge is 2.16. The average Bonchev–Trinajstić information content (AvgIpc) is 3.50. The Morgan fingerprint density at radius 3 is 2.80 bits per heavy atom. The number of hydrogen-bond acceptors (Lipinski definition) is 7. The molecular formula is C26H21IN2O6. The van der Waals surface area contributed by atoms with Gasteiger partial charge in [0.25, 0.3) is 0 Å². The molecule has 0 unspecified atom stereocenters. The lowest BCUT2D eigenvalue weighted by atomic mass is 10.2. The van der Waals surface area contributed by atoms with Gasteiger partial charge in [0.1, 0.15) is 12.2 Å². The molecule has 1 aliphatic rings. The van der Waals surface area contributed by atoms with E-state index in [0.29, 0.717) is 36.0 Å². The van der Waals surface area contributed by atoms with Crippen LogP contribution in [0.4, 0.5) is 0 Å². The Balaban J connectivity index is 1.28. The molecule has 0 radical (unpaired) electrons. The van der Waals surface area contributed by atoms with Crippen molar-refractivity contribution in [1.82, 2.24) is 5.43 Å². The maximum Gasteiger partial charge on any atom is 0.307 e. The first-order valence-corrected chi connectivity index (χ1v) is 12.0. The molecule has 4 aromatic rings. The molecule has 0 saturated carbocycles. The first-order valence-electron chi connectivity index (χ1n) is 10.9. The summed E-state index contributed by atoms with van der Waals surface area (Å²) in [5, 5.41) is 4.93. The van der Waals surface area contributed by atoms with Gasteiger partial charge in [0.15, 0.2) is 28.8 Å². The van der Waals surface area contributed by atoms with E-state index in [2.05, 4.69) is 33.1 Å². The summed E-state index contributed by atoms with van der Waals surface area (Å²) in [6.07, 6.45) is 1.55. The summed E-state index contributed by atoms with van der Waals surface area (Å²) in [5.74, 6) is 2.43. The molecule has 35 heavy (non-hydrogen) atoms. The summed E-state index contributed by atoms with van der Waals surface area (Å²) in [7, 11) is 0. The molecule has 0 spiro atoms. The third-order valence-corrected chi connectivity index (χ3v) is 5.98. The molecule has 1 aliphatic heterocycles. The van der Waals surface area contributed by atoms with E-state index < -0.39 is 5.91 Å². The maximum atomic E-state index is 12.4. The highest BCUT2D eigenvalue weighted by atomic mass is 127. The van der Waals surface area contributed by atoms with Gasteiger partial charge < -0.3 is 23.4 Å². The Labute approximate surface area is 214 Å². The predicted molar refractivity (Wildman–Crippen MR) is 138 cm³/mol. The maximum absolute atomic E-state index is 12.4. The van der Waals surface area contributed by atoms with Gasteiger partial charge in [0.05, 0.1) is 16.4 Å². The number of hydrogen-bond donors (Lipinski definition) is 1. The third-order valence-electron chi connectivity index (χ3n) is 5.18. The molecule has 178 valence electrons. The number of carbonyl (C=O) groups is 1. The summed E-state index contributed by atoms with van der Waals surface area (Å²) in [6.45, 7) is 2.95. The topological polar surface area (TPSA) is 91.5 Å². The van der Waals surface area contributed by atoms with Crippen molar-refractivity contribution in [3.8, 4) is 23.0 Å². The van der Waals surface area contributed by atoms with Crippen molar-refractivity contribution < 1.29 is 28.2 Å². The van der Waals surface area contributed by atoms with Crippen LogP contribution >= 0.6 is 22.6 Å². The molecule has 5 rings (SSSR count). The van der Waals surface area contributed by atoms with E-state index in [1.165, 1.54) is 0 Å². The number of nitrogens with zero attached hydrogens (tertiary/aromatic N) is 1. The minimum Gasteiger partial charge on any atom is -0.490 e. The zero-order chi connectivity index (χ0) is 24.2. The standard InChI is InChI=1S/C26H21IN2O6/c1-2-31-23-11-17(13-28-29-26(30)24-12-18-5-3-4-6-20(18)35-24)9-19(27)25(23)32-14-16-7-8-21-22(10-16)34-15-33-21/h3-13H,2,14-15H2,1H3,(H,29,30)/b28-13+. The monoisotopic (exact) mass is 584 g/mol. The van der Waals surface area contributed by atoms with Crippen LogP contribution in [0.15, 0.2) is 70.2 Å². The second-order valence-electron chi connectivity index (χ2n) is 7.59. The number of halogens is 1. The van der Waals surface area contributed by atoms with Crippen LogP contribution in [0.1, 0.15) is 28.6 Å². The summed E-state index contributed by atoms with van der Waals surface area (Å²) in [6, 6.07) is 18.5. The molecule has 0 fully saturated rings. The largest absolute Gasteiger partial charge is 0.490 e. The van der Waals surface area contributed by atoms with Gasteiger partial charge in [-0.2, -0.15) is 5.10 Å². The summed E-state index contributed by atoms with van der Waals surface area (Å²) < 4.78 is 29.1. The van der Waals surface area contributed by atoms with Crippen molar-refractivity contribution >= 4 is 45.7 Å². The summed E-state index contributed by atoms with van der Waals surface area (Å²) >= 11 is 2.19. The Kier molecular flexibility index (Phi) is 6.75. The minimum absolute atomic E-state index is 0.195. The van der Waals surface area contributed by atoms with E-state index in [-0.39, 0.29) is 12.6 Å². The zero-order valence-corrected chi connectivity index (χ0v) is 20.9. The highest BCUT2D eigenvalue weighted by molar-refractivity contribution is 14.1. The fourth-order valence-electron chi connectivity index (χ4n) is 3.57. The number of fused-ring (bicyclic) bond motifs is 2. The van der Waals surface area contributed by atoms with Gasteiger partial charge >= 0.3 is 5.91 Å². The van der Waals surface area contributed by atoms with Crippen LogP contribution in [0, 0.1) is 3.57 Å². The molecule has 2 heterocycles. The quantitative estimate of drug-likeness (QED) is 0.167. The Bertz CT molecular complexity index is 1380. The van der Waals surface area contributed by atoms with Crippen molar-refractivity contribution in [2.75, 3.05) is 13.4 Å². The van der Waals surface area contributed by atoms with Gasteiger partial charge in [-0.25, -0.2) is 5.43 Å². The van der Waals surface area contributed by atoms with E-state index in [9.17, 15) is 4.79 Å². The number of para-hydroxylation sites is 1. The van der Waals surface area contributed by atoms with Crippen LogP contribution in [-0.4, -0.2) is 25.5 Å². The van der Waals surface area contributed by atoms with E-state index in [1.807, 2.05) is 61.5 Å². The number of hydrazone groups is 1. The average molecular weight is 584 g/mol. The van der Waals surface area contributed by atoms with Crippen molar-refractivity contribution in [3.05, 3.63) is 81.1 Å². The van der Waals surface area contributed by atoms with E-state index >= 15 is 0 Å². The molecule has 3 aromatic carbocycles. The van der Waals surface area contributed by atoms with E-state index in [4.69, 9.17) is 23.4 Å². The van der Waals surface area contributed by atoms with Crippen LogP contribution in [0.5, 0.6) is 23.0 Å². The molecule has 0 saturated heterocycles. The lowest BCUT2D eigenvalue weighted by Crippen LogP contribution is -2.16. The Morgan fingerprint density at radius 2 is 1.94 bits per heavy atom. The fraction of sp³-hybridized carbons (Fsp3) is 0.154. The number of nitrogens with one attached hydrogen (secondary N) is 1. The zero-order valence-electron chi connectivity index (χ0n) is 18.7. The SMILES string of the molecule is CCOc1cc(/C=N/NC(=O)c2cc3ccccc3o2)cc(I)c1OCc1ccc2c(c1)OCO2. The molecule has 0 bridgehead atoms. The Morgan fingerprint density at radius 1 is 1.09 bits per heavy atom. The van der Waals surface area contributed by atoms with Gasteiger partial charge in [-0.05, 0) is 77.0 Å². The highest BCUT2D eigenvalue weighted by Crippen LogP contribution is 2.36. The van der Waals surface area contributed by atoms with Gasteiger partial charge in [0.2, 0.25) is 6.79 Å². The molecule has 8 nitrogen and oxygen atoms in total. The van der Waals surface area contributed by atoms with Crippen LogP contribution in [0.3, 0.4) is 0 Å². The molecule has 9 heteroatoms. The first kappa shape index (κ1) is 23.0. The van der Waals surface area contributed by atoms with Gasteiger partial charge in [-0.15, -0.1) is 0 Å².